The number of rotatable bonds is 46. The lowest BCUT2D eigenvalue weighted by atomic mass is 10.0. The van der Waals surface area contributed by atoms with Crippen molar-refractivity contribution in [1.29, 1.82) is 0 Å². The molecule has 0 amide bonds. The molecule has 58 heavy (non-hydrogen) atoms. The van der Waals surface area contributed by atoms with E-state index in [9.17, 15) is 14.4 Å². The molecule has 0 aromatic heterocycles. The fourth-order valence-corrected chi connectivity index (χ4v) is 7.81. The average molecular weight is 821 g/mol. The standard InChI is InChI=1S/C52H100O6/c1-6-7-8-9-10-11-12-13-14-15-16-19-22-27-32-37-42-50(53)56-45-49(46-57-51(54)43-38-33-29-24-26-31-36-41-48(4)5)58-52(55)44-39-34-28-23-20-17-18-21-25-30-35-40-47(2)3/h47-49H,6-46H2,1-5H3/t49-/m0/s1. The summed E-state index contributed by atoms with van der Waals surface area (Å²) in [6.07, 6.45) is 45.2. The van der Waals surface area contributed by atoms with Crippen LogP contribution in [0.1, 0.15) is 285 Å². The lowest BCUT2D eigenvalue weighted by Crippen LogP contribution is -2.30. The van der Waals surface area contributed by atoms with Gasteiger partial charge in [-0.15, -0.1) is 0 Å². The summed E-state index contributed by atoms with van der Waals surface area (Å²) in [6, 6.07) is 0. The van der Waals surface area contributed by atoms with Gasteiger partial charge in [-0.3, -0.25) is 14.4 Å². The summed E-state index contributed by atoms with van der Waals surface area (Å²) in [7, 11) is 0. The van der Waals surface area contributed by atoms with E-state index in [1.165, 1.54) is 173 Å². The largest absolute Gasteiger partial charge is 0.462 e. The molecule has 0 unspecified atom stereocenters. The van der Waals surface area contributed by atoms with Crippen LogP contribution in [0.5, 0.6) is 0 Å². The van der Waals surface area contributed by atoms with E-state index in [1.807, 2.05) is 0 Å². The van der Waals surface area contributed by atoms with Gasteiger partial charge in [0.1, 0.15) is 13.2 Å². The minimum absolute atomic E-state index is 0.0642. The molecule has 0 aliphatic rings. The minimum atomic E-state index is -0.762. The molecule has 0 aliphatic heterocycles. The summed E-state index contributed by atoms with van der Waals surface area (Å²) in [5.74, 6) is 0.755. The maximum Gasteiger partial charge on any atom is 0.306 e. The number of hydrogen-bond donors (Lipinski definition) is 0. The van der Waals surface area contributed by atoms with Gasteiger partial charge in [-0.2, -0.15) is 0 Å². The number of ether oxygens (including phenoxy) is 3. The third kappa shape index (κ3) is 45.5. The first-order chi connectivity index (χ1) is 28.2. The quantitative estimate of drug-likeness (QED) is 0.0346. The Morgan fingerprint density at radius 1 is 0.328 bits per heavy atom. The zero-order valence-corrected chi connectivity index (χ0v) is 39.7. The van der Waals surface area contributed by atoms with E-state index >= 15 is 0 Å². The Kier molecular flexibility index (Phi) is 43.7. The van der Waals surface area contributed by atoms with E-state index in [0.29, 0.717) is 19.3 Å². The van der Waals surface area contributed by atoms with E-state index in [0.717, 1.165) is 69.6 Å². The van der Waals surface area contributed by atoms with Gasteiger partial charge >= 0.3 is 17.9 Å². The third-order valence-corrected chi connectivity index (χ3v) is 11.7. The summed E-state index contributed by atoms with van der Waals surface area (Å²) in [5.41, 5.74) is 0. The van der Waals surface area contributed by atoms with Gasteiger partial charge in [0.25, 0.3) is 0 Å². The molecule has 6 nitrogen and oxygen atoms in total. The van der Waals surface area contributed by atoms with Gasteiger partial charge in [-0.05, 0) is 31.1 Å². The summed E-state index contributed by atoms with van der Waals surface area (Å²) >= 11 is 0. The topological polar surface area (TPSA) is 78.9 Å². The Hall–Kier alpha value is -1.59. The van der Waals surface area contributed by atoms with E-state index in [2.05, 4.69) is 34.6 Å². The van der Waals surface area contributed by atoms with Gasteiger partial charge < -0.3 is 14.2 Å². The second-order valence-corrected chi connectivity index (χ2v) is 18.8. The van der Waals surface area contributed by atoms with E-state index in [1.54, 1.807) is 0 Å². The average Bonchev–Trinajstić information content (AvgIpc) is 3.19. The van der Waals surface area contributed by atoms with Crippen molar-refractivity contribution in [3.63, 3.8) is 0 Å². The number of unbranched alkanes of at least 4 members (excludes halogenated alkanes) is 31. The first-order valence-corrected chi connectivity index (χ1v) is 25.7. The van der Waals surface area contributed by atoms with Crippen LogP contribution in [0.3, 0.4) is 0 Å². The predicted octanol–water partition coefficient (Wildman–Crippen LogP) is 16.5. The Morgan fingerprint density at radius 2 is 0.569 bits per heavy atom. The zero-order valence-electron chi connectivity index (χ0n) is 39.7. The van der Waals surface area contributed by atoms with E-state index in [-0.39, 0.29) is 31.1 Å². The van der Waals surface area contributed by atoms with Crippen molar-refractivity contribution in [2.24, 2.45) is 11.8 Å². The number of hydrogen-bond acceptors (Lipinski definition) is 6. The molecule has 344 valence electrons. The Bertz CT molecular complexity index is 885. The van der Waals surface area contributed by atoms with Crippen LogP contribution < -0.4 is 0 Å². The van der Waals surface area contributed by atoms with Crippen molar-refractivity contribution in [3.05, 3.63) is 0 Å². The first-order valence-electron chi connectivity index (χ1n) is 25.7. The predicted molar refractivity (Wildman–Crippen MR) is 247 cm³/mol. The lowest BCUT2D eigenvalue weighted by Gasteiger charge is -2.18. The molecule has 0 aromatic rings. The Morgan fingerprint density at radius 3 is 0.845 bits per heavy atom. The molecule has 0 N–H and O–H groups in total. The highest BCUT2D eigenvalue weighted by Crippen LogP contribution is 2.17. The monoisotopic (exact) mass is 821 g/mol. The summed E-state index contributed by atoms with van der Waals surface area (Å²) in [5, 5.41) is 0. The van der Waals surface area contributed by atoms with Crippen LogP contribution in [-0.2, 0) is 28.6 Å². The highest BCUT2D eigenvalue weighted by molar-refractivity contribution is 5.71. The SMILES string of the molecule is CCCCCCCCCCCCCCCCCCC(=O)OC[C@@H](COC(=O)CCCCCCCCCC(C)C)OC(=O)CCCCCCCCCCCCCC(C)C. The summed E-state index contributed by atoms with van der Waals surface area (Å²) in [4.78, 5) is 37.9. The number of carbonyl (C=O) groups is 3. The molecule has 0 bridgehead atoms. The fourth-order valence-electron chi connectivity index (χ4n) is 7.81. The second-order valence-electron chi connectivity index (χ2n) is 18.8. The summed E-state index contributed by atoms with van der Waals surface area (Å²) in [6.45, 7) is 11.3. The lowest BCUT2D eigenvalue weighted by molar-refractivity contribution is -0.167. The maximum absolute atomic E-state index is 12.8. The highest BCUT2D eigenvalue weighted by Gasteiger charge is 2.19. The van der Waals surface area contributed by atoms with Crippen LogP contribution in [0.15, 0.2) is 0 Å². The van der Waals surface area contributed by atoms with Crippen molar-refractivity contribution in [3.8, 4) is 0 Å². The molecule has 0 saturated heterocycles. The maximum atomic E-state index is 12.8. The smallest absolute Gasteiger partial charge is 0.306 e. The summed E-state index contributed by atoms with van der Waals surface area (Å²) < 4.78 is 16.8. The van der Waals surface area contributed by atoms with Crippen molar-refractivity contribution >= 4 is 17.9 Å². The number of esters is 3. The third-order valence-electron chi connectivity index (χ3n) is 11.7. The molecule has 0 aromatic carbocycles. The van der Waals surface area contributed by atoms with Gasteiger partial charge in [0.2, 0.25) is 0 Å². The van der Waals surface area contributed by atoms with Gasteiger partial charge in [-0.25, -0.2) is 0 Å². The van der Waals surface area contributed by atoms with Gasteiger partial charge in [-0.1, -0.05) is 247 Å². The van der Waals surface area contributed by atoms with Crippen molar-refractivity contribution in [1.82, 2.24) is 0 Å². The van der Waals surface area contributed by atoms with Crippen molar-refractivity contribution in [2.45, 2.75) is 291 Å². The molecule has 0 rings (SSSR count). The molecule has 0 aliphatic carbocycles. The van der Waals surface area contributed by atoms with Crippen LogP contribution in [0.2, 0.25) is 0 Å². The molecule has 1 atom stereocenters. The molecule has 0 fully saturated rings. The van der Waals surface area contributed by atoms with Crippen LogP contribution >= 0.6 is 0 Å². The molecule has 0 spiro atoms. The molecular formula is C52H100O6. The Labute approximate surface area is 361 Å². The van der Waals surface area contributed by atoms with E-state index < -0.39 is 6.10 Å². The van der Waals surface area contributed by atoms with Crippen LogP contribution in [0.25, 0.3) is 0 Å². The zero-order chi connectivity index (χ0) is 42.6. The second kappa shape index (κ2) is 44.9. The fraction of sp³-hybridized carbons (Fsp3) is 0.942. The molecule has 0 saturated carbocycles. The molecule has 6 heteroatoms. The normalized spacial score (nSPS) is 12.1. The number of carbonyl (C=O) groups excluding carboxylic acids is 3. The first kappa shape index (κ1) is 56.4. The molecule has 0 radical (unpaired) electrons. The van der Waals surface area contributed by atoms with Gasteiger partial charge in [0, 0.05) is 19.3 Å². The Balaban J connectivity index is 4.29. The van der Waals surface area contributed by atoms with Gasteiger partial charge in [0.15, 0.2) is 6.10 Å². The van der Waals surface area contributed by atoms with Crippen molar-refractivity contribution in [2.75, 3.05) is 13.2 Å². The minimum Gasteiger partial charge on any atom is -0.462 e. The molecule has 0 heterocycles. The molecular weight excluding hydrogens is 721 g/mol. The van der Waals surface area contributed by atoms with Crippen LogP contribution in [-0.4, -0.2) is 37.2 Å². The van der Waals surface area contributed by atoms with Crippen LogP contribution in [0, 0.1) is 11.8 Å². The van der Waals surface area contributed by atoms with Crippen molar-refractivity contribution < 1.29 is 28.6 Å². The van der Waals surface area contributed by atoms with E-state index in [4.69, 9.17) is 14.2 Å². The van der Waals surface area contributed by atoms with Crippen LogP contribution in [0.4, 0.5) is 0 Å². The van der Waals surface area contributed by atoms with Gasteiger partial charge in [0.05, 0.1) is 0 Å². The highest BCUT2D eigenvalue weighted by atomic mass is 16.6.